The first-order valence-corrected chi connectivity index (χ1v) is 16.4. The number of aryl methyl sites for hydroxylation is 1. The van der Waals surface area contributed by atoms with Gasteiger partial charge in [-0.25, -0.2) is 0 Å². The van der Waals surface area contributed by atoms with Crippen LogP contribution in [0.5, 0.6) is 0 Å². The summed E-state index contributed by atoms with van der Waals surface area (Å²) >= 11 is 0. The maximum Gasteiger partial charge on any atom is 0.277 e. The molecular formula is C31H56O3S. The zero-order valence-electron chi connectivity index (χ0n) is 23.6. The summed E-state index contributed by atoms with van der Waals surface area (Å²) in [5.41, 5.74) is 2.24. The van der Waals surface area contributed by atoms with Gasteiger partial charge in [-0.3, -0.25) is 4.18 Å². The largest absolute Gasteiger partial charge is 0.277 e. The van der Waals surface area contributed by atoms with Gasteiger partial charge in [0, 0.05) is 0 Å². The Hall–Kier alpha value is -0.870. The number of unbranched alkanes of at least 4 members (excludes halogenated alkanes) is 12. The Labute approximate surface area is 219 Å². The smallest absolute Gasteiger partial charge is 0.269 e. The lowest BCUT2D eigenvalue weighted by molar-refractivity contribution is 0.275. The highest BCUT2D eigenvalue weighted by molar-refractivity contribution is 7.87. The fourth-order valence-corrected chi connectivity index (χ4v) is 7.01. The molecule has 0 aromatic heterocycles. The van der Waals surface area contributed by atoms with Crippen molar-refractivity contribution in [3.63, 3.8) is 0 Å². The highest BCUT2D eigenvalue weighted by atomic mass is 32.2. The van der Waals surface area contributed by atoms with Gasteiger partial charge in [-0.1, -0.05) is 142 Å². The second-order valence-electron chi connectivity index (χ2n) is 10.4. The van der Waals surface area contributed by atoms with Crippen molar-refractivity contribution in [3.05, 3.63) is 35.4 Å². The van der Waals surface area contributed by atoms with Gasteiger partial charge in [-0.05, 0) is 43.2 Å². The van der Waals surface area contributed by atoms with Crippen LogP contribution in [0.3, 0.4) is 0 Å². The average Bonchev–Trinajstić information content (AvgIpc) is 2.86. The summed E-state index contributed by atoms with van der Waals surface area (Å²) < 4.78 is 33.2. The van der Waals surface area contributed by atoms with Gasteiger partial charge >= 0.3 is 0 Å². The Balaban J connectivity index is 3.34. The molecule has 0 saturated carbocycles. The van der Waals surface area contributed by atoms with E-state index in [9.17, 15) is 8.42 Å². The van der Waals surface area contributed by atoms with Gasteiger partial charge in [0.05, 0.1) is 6.61 Å². The van der Waals surface area contributed by atoms with Gasteiger partial charge in [0.2, 0.25) is 0 Å². The molecule has 0 unspecified atom stereocenters. The van der Waals surface area contributed by atoms with E-state index in [0.29, 0.717) is 19.4 Å². The maximum atomic E-state index is 14.1. The highest BCUT2D eigenvalue weighted by Crippen LogP contribution is 2.44. The van der Waals surface area contributed by atoms with Gasteiger partial charge < -0.3 is 0 Å². The second kappa shape index (κ2) is 19.3. The summed E-state index contributed by atoms with van der Waals surface area (Å²) in [5.74, 6) is 0. The zero-order chi connectivity index (χ0) is 25.8. The third-order valence-electron chi connectivity index (χ3n) is 7.39. The van der Waals surface area contributed by atoms with Crippen molar-refractivity contribution >= 4 is 10.1 Å². The number of hydrogen-bond acceptors (Lipinski definition) is 3. The van der Waals surface area contributed by atoms with Crippen LogP contribution in [0.2, 0.25) is 0 Å². The van der Waals surface area contributed by atoms with Crippen molar-refractivity contribution in [2.75, 3.05) is 6.61 Å². The predicted octanol–water partition coefficient (Wildman–Crippen LogP) is 9.87. The van der Waals surface area contributed by atoms with E-state index in [4.69, 9.17) is 4.18 Å². The van der Waals surface area contributed by atoms with E-state index in [1.807, 2.05) is 6.07 Å². The van der Waals surface area contributed by atoms with Crippen molar-refractivity contribution in [1.29, 1.82) is 0 Å². The molecule has 0 aliphatic heterocycles. The molecule has 1 rings (SSSR count). The lowest BCUT2D eigenvalue weighted by atomic mass is 9.83. The first-order chi connectivity index (χ1) is 17.0. The fourth-order valence-electron chi connectivity index (χ4n) is 5.19. The quantitative estimate of drug-likeness (QED) is 0.109. The standard InChI is InChI=1S/C31H56O3S/c1-5-9-13-17-23-29-24-18-19-25-30(29)31(26-20-14-10-6-2,27-21-15-11-7-3)35(32,33)34-28-22-16-12-8-4/h18-19,24-25H,5-17,20-23,26-28H2,1-4H3. The Bertz CT molecular complexity index is 729. The molecule has 0 fully saturated rings. The first kappa shape index (κ1) is 32.2. The van der Waals surface area contributed by atoms with E-state index >= 15 is 0 Å². The van der Waals surface area contributed by atoms with Crippen LogP contribution in [0.1, 0.15) is 154 Å². The highest BCUT2D eigenvalue weighted by Gasteiger charge is 2.46. The fraction of sp³-hybridized carbons (Fsp3) is 0.806. The van der Waals surface area contributed by atoms with Crippen LogP contribution in [-0.2, 0) is 25.5 Å². The van der Waals surface area contributed by atoms with E-state index in [2.05, 4.69) is 45.9 Å². The topological polar surface area (TPSA) is 43.4 Å². The lowest BCUT2D eigenvalue weighted by Crippen LogP contribution is -2.38. The van der Waals surface area contributed by atoms with Crippen LogP contribution in [0, 0.1) is 0 Å². The molecular weight excluding hydrogens is 452 g/mol. The van der Waals surface area contributed by atoms with E-state index in [-0.39, 0.29) is 0 Å². The van der Waals surface area contributed by atoms with Gasteiger partial charge in [-0.15, -0.1) is 0 Å². The van der Waals surface area contributed by atoms with Crippen LogP contribution >= 0.6 is 0 Å². The van der Waals surface area contributed by atoms with Crippen LogP contribution < -0.4 is 0 Å². The summed E-state index contributed by atoms with van der Waals surface area (Å²) in [6, 6.07) is 8.39. The molecule has 1 aromatic carbocycles. The monoisotopic (exact) mass is 508 g/mol. The summed E-state index contributed by atoms with van der Waals surface area (Å²) in [5, 5.41) is 0. The summed E-state index contributed by atoms with van der Waals surface area (Å²) in [4.78, 5) is 0. The van der Waals surface area contributed by atoms with E-state index < -0.39 is 14.9 Å². The molecule has 0 atom stereocenters. The summed E-state index contributed by atoms with van der Waals surface area (Å²) in [6.45, 7) is 9.13. The number of benzene rings is 1. The van der Waals surface area contributed by atoms with Gasteiger partial charge in [0.25, 0.3) is 10.1 Å². The molecule has 0 amide bonds. The molecule has 4 heteroatoms. The van der Waals surface area contributed by atoms with Crippen molar-refractivity contribution < 1.29 is 12.6 Å². The number of hydrogen-bond donors (Lipinski definition) is 0. The SMILES string of the molecule is CCCCCCOS(=O)(=O)C(CCCCCC)(CCCCCC)c1ccccc1CCCCCC. The normalized spacial score (nSPS) is 12.3. The third kappa shape index (κ3) is 11.4. The van der Waals surface area contributed by atoms with Crippen molar-refractivity contribution in [2.24, 2.45) is 0 Å². The molecule has 0 aliphatic carbocycles. The second-order valence-corrected chi connectivity index (χ2v) is 12.3. The van der Waals surface area contributed by atoms with Crippen molar-refractivity contribution in [1.82, 2.24) is 0 Å². The lowest BCUT2D eigenvalue weighted by Gasteiger charge is -2.35. The minimum Gasteiger partial charge on any atom is -0.269 e. The van der Waals surface area contributed by atoms with Crippen molar-refractivity contribution in [3.8, 4) is 0 Å². The molecule has 35 heavy (non-hydrogen) atoms. The van der Waals surface area contributed by atoms with Crippen LogP contribution in [0.15, 0.2) is 24.3 Å². The van der Waals surface area contributed by atoms with E-state index in [0.717, 1.165) is 95.5 Å². The van der Waals surface area contributed by atoms with Gasteiger partial charge in [-0.2, -0.15) is 8.42 Å². The predicted molar refractivity (Wildman–Crippen MR) is 152 cm³/mol. The molecule has 0 radical (unpaired) electrons. The molecule has 0 bridgehead atoms. The molecule has 0 saturated heterocycles. The first-order valence-electron chi connectivity index (χ1n) is 15.0. The summed E-state index contributed by atoms with van der Waals surface area (Å²) in [6.07, 6.45) is 19.8. The Morgan fingerprint density at radius 3 is 1.66 bits per heavy atom. The average molecular weight is 509 g/mol. The molecule has 1 aromatic rings. The molecule has 0 heterocycles. The molecule has 0 spiro atoms. The molecule has 204 valence electrons. The summed E-state index contributed by atoms with van der Waals surface area (Å²) in [7, 11) is -3.76. The maximum absolute atomic E-state index is 14.1. The Kier molecular flexibility index (Phi) is 17.7. The van der Waals surface area contributed by atoms with Crippen LogP contribution in [0.25, 0.3) is 0 Å². The Morgan fingerprint density at radius 2 is 1.11 bits per heavy atom. The minimum atomic E-state index is -3.76. The molecule has 3 nitrogen and oxygen atoms in total. The van der Waals surface area contributed by atoms with E-state index in [1.165, 1.54) is 24.8 Å². The zero-order valence-corrected chi connectivity index (χ0v) is 24.4. The third-order valence-corrected chi connectivity index (χ3v) is 9.45. The van der Waals surface area contributed by atoms with Crippen molar-refractivity contribution in [2.45, 2.75) is 154 Å². The van der Waals surface area contributed by atoms with Gasteiger partial charge in [0.15, 0.2) is 0 Å². The van der Waals surface area contributed by atoms with E-state index in [1.54, 1.807) is 0 Å². The molecule has 0 aliphatic rings. The van der Waals surface area contributed by atoms with Crippen LogP contribution in [-0.4, -0.2) is 15.0 Å². The number of rotatable bonds is 23. The molecule has 0 N–H and O–H groups in total. The van der Waals surface area contributed by atoms with Gasteiger partial charge in [0.1, 0.15) is 4.75 Å². The Morgan fingerprint density at radius 1 is 0.629 bits per heavy atom. The van der Waals surface area contributed by atoms with Crippen LogP contribution in [0.4, 0.5) is 0 Å². The minimum absolute atomic E-state index is 0.312.